The van der Waals surface area contributed by atoms with Gasteiger partial charge < -0.3 is 4.42 Å². The maximum atomic E-state index is 5.79. The Morgan fingerprint density at radius 1 is 0.950 bits per heavy atom. The highest BCUT2D eigenvalue weighted by Crippen LogP contribution is 2.16. The van der Waals surface area contributed by atoms with Crippen LogP contribution in [0.3, 0.4) is 0 Å². The van der Waals surface area contributed by atoms with Crippen LogP contribution in [0.5, 0.6) is 0 Å². The number of para-hydroxylation sites is 3. The molecule has 0 aliphatic rings. The Kier molecular flexibility index (Phi) is 3.21. The lowest BCUT2D eigenvalue weighted by Crippen LogP contribution is -2.13. The second-order valence-electron chi connectivity index (χ2n) is 4.67. The zero-order valence-corrected chi connectivity index (χ0v) is 11.4. The monoisotopic (exact) mass is 265 g/mol. The summed E-state index contributed by atoms with van der Waals surface area (Å²) in [7, 11) is 0. The molecule has 0 aliphatic carbocycles. The number of fused-ring (bicyclic) bond motifs is 1. The van der Waals surface area contributed by atoms with E-state index in [4.69, 9.17) is 4.42 Å². The summed E-state index contributed by atoms with van der Waals surface area (Å²) in [5.74, 6) is 0. The predicted octanol–water partition coefficient (Wildman–Crippen LogP) is 3.52. The van der Waals surface area contributed by atoms with Crippen LogP contribution in [0.1, 0.15) is 13.8 Å². The Labute approximate surface area is 116 Å². The summed E-state index contributed by atoms with van der Waals surface area (Å²) in [5.41, 5.74) is 4.12. The van der Waals surface area contributed by atoms with Gasteiger partial charge in [0.2, 0.25) is 0 Å². The van der Waals surface area contributed by atoms with Crippen molar-refractivity contribution in [2.45, 2.75) is 13.8 Å². The van der Waals surface area contributed by atoms with Crippen LogP contribution < -0.4 is 5.68 Å². The molecule has 0 spiro atoms. The molecule has 100 valence electrons. The van der Waals surface area contributed by atoms with E-state index in [1.807, 2.05) is 73.0 Å². The van der Waals surface area contributed by atoms with E-state index >= 15 is 0 Å². The van der Waals surface area contributed by atoms with E-state index in [0.29, 0.717) is 5.68 Å². The third-order valence-electron chi connectivity index (χ3n) is 2.85. The highest BCUT2D eigenvalue weighted by atomic mass is 16.4. The third kappa shape index (κ3) is 2.28. The first kappa shape index (κ1) is 12.4. The van der Waals surface area contributed by atoms with Gasteiger partial charge in [-0.2, -0.15) is 5.10 Å². The topological polar surface area (TPSA) is 42.8 Å². The van der Waals surface area contributed by atoms with E-state index in [1.54, 1.807) is 0 Å². The lowest BCUT2D eigenvalue weighted by molar-refractivity contribution is 0.514. The van der Waals surface area contributed by atoms with Gasteiger partial charge in [0, 0.05) is 5.71 Å². The molecule has 3 aromatic rings. The number of oxazole rings is 1. The summed E-state index contributed by atoms with van der Waals surface area (Å²) in [5, 5.41) is 8.31. The van der Waals surface area contributed by atoms with Crippen LogP contribution in [0.15, 0.2) is 69.2 Å². The zero-order valence-electron chi connectivity index (χ0n) is 11.4. The van der Waals surface area contributed by atoms with Crippen LogP contribution in [0.2, 0.25) is 0 Å². The summed E-state index contributed by atoms with van der Waals surface area (Å²) < 4.78 is 7.75. The molecule has 0 aliphatic heterocycles. The van der Waals surface area contributed by atoms with Gasteiger partial charge in [-0.05, 0) is 38.1 Å². The quantitative estimate of drug-likeness (QED) is 0.516. The van der Waals surface area contributed by atoms with Crippen LogP contribution >= 0.6 is 0 Å². The molecular formula is C16H15N3O. The number of rotatable bonds is 2. The van der Waals surface area contributed by atoms with Crippen molar-refractivity contribution in [2.75, 3.05) is 0 Å². The smallest absolute Gasteiger partial charge is 0.326 e. The molecule has 1 heterocycles. The number of benzene rings is 2. The van der Waals surface area contributed by atoms with Gasteiger partial charge in [-0.1, -0.05) is 35.4 Å². The van der Waals surface area contributed by atoms with E-state index in [-0.39, 0.29) is 0 Å². The summed E-state index contributed by atoms with van der Waals surface area (Å²) in [6, 6.07) is 17.9. The second kappa shape index (κ2) is 5.17. The van der Waals surface area contributed by atoms with Gasteiger partial charge in [-0.15, -0.1) is 0 Å². The minimum atomic E-state index is 0.471. The Morgan fingerprint density at radius 2 is 1.65 bits per heavy atom. The zero-order chi connectivity index (χ0) is 13.9. The average Bonchev–Trinajstić information content (AvgIpc) is 2.84. The van der Waals surface area contributed by atoms with Crippen molar-refractivity contribution in [1.82, 2.24) is 4.57 Å². The summed E-state index contributed by atoms with van der Waals surface area (Å²) >= 11 is 0. The Hall–Kier alpha value is -2.62. The summed E-state index contributed by atoms with van der Waals surface area (Å²) in [6.07, 6.45) is 0. The molecule has 4 nitrogen and oxygen atoms in total. The first-order chi connectivity index (χ1) is 9.75. The predicted molar refractivity (Wildman–Crippen MR) is 79.9 cm³/mol. The van der Waals surface area contributed by atoms with Crippen molar-refractivity contribution in [1.29, 1.82) is 0 Å². The largest absolute Gasteiger partial charge is 0.422 e. The molecule has 0 bridgehead atoms. The van der Waals surface area contributed by atoms with E-state index in [9.17, 15) is 0 Å². The van der Waals surface area contributed by atoms with Crippen LogP contribution in [0, 0.1) is 0 Å². The van der Waals surface area contributed by atoms with Crippen molar-refractivity contribution in [2.24, 2.45) is 10.2 Å². The SMILES string of the molecule is CC(C)=NN=c1oc2ccccc2n1-c1ccccc1. The van der Waals surface area contributed by atoms with Crippen LogP contribution in [0.4, 0.5) is 0 Å². The minimum Gasteiger partial charge on any atom is -0.422 e. The number of hydrogen-bond acceptors (Lipinski definition) is 3. The molecular weight excluding hydrogens is 250 g/mol. The molecule has 4 heteroatoms. The molecule has 0 atom stereocenters. The Bertz CT molecular complexity index is 822. The highest BCUT2D eigenvalue weighted by molar-refractivity contribution is 5.78. The number of hydrogen-bond donors (Lipinski definition) is 0. The van der Waals surface area contributed by atoms with Crippen molar-refractivity contribution < 1.29 is 4.42 Å². The van der Waals surface area contributed by atoms with Crippen LogP contribution in [-0.4, -0.2) is 10.3 Å². The van der Waals surface area contributed by atoms with Gasteiger partial charge in [-0.25, -0.2) is 0 Å². The Morgan fingerprint density at radius 3 is 2.40 bits per heavy atom. The van der Waals surface area contributed by atoms with Gasteiger partial charge in [0.05, 0.1) is 11.2 Å². The molecule has 0 saturated carbocycles. The second-order valence-corrected chi connectivity index (χ2v) is 4.67. The summed E-state index contributed by atoms with van der Waals surface area (Å²) in [4.78, 5) is 0. The van der Waals surface area contributed by atoms with Crippen LogP contribution in [-0.2, 0) is 0 Å². The van der Waals surface area contributed by atoms with Gasteiger partial charge in [0.25, 0.3) is 0 Å². The Balaban J connectivity index is 2.35. The van der Waals surface area contributed by atoms with Crippen molar-refractivity contribution in [3.05, 3.63) is 60.3 Å². The lowest BCUT2D eigenvalue weighted by atomic mass is 10.3. The molecule has 0 fully saturated rings. The van der Waals surface area contributed by atoms with E-state index in [0.717, 1.165) is 22.5 Å². The van der Waals surface area contributed by atoms with Crippen molar-refractivity contribution >= 4 is 16.8 Å². The first-order valence-electron chi connectivity index (χ1n) is 6.46. The van der Waals surface area contributed by atoms with Gasteiger partial charge >= 0.3 is 5.68 Å². The van der Waals surface area contributed by atoms with E-state index < -0.39 is 0 Å². The van der Waals surface area contributed by atoms with Crippen molar-refractivity contribution in [3.63, 3.8) is 0 Å². The standard InChI is InChI=1S/C16H15N3O/c1-12(2)17-18-16-19(13-8-4-3-5-9-13)14-10-6-7-11-15(14)20-16/h3-11H,1-2H3. The average molecular weight is 265 g/mol. The fourth-order valence-corrected chi connectivity index (χ4v) is 2.01. The van der Waals surface area contributed by atoms with Gasteiger partial charge in [0.15, 0.2) is 5.58 Å². The van der Waals surface area contributed by atoms with Gasteiger partial charge in [0.1, 0.15) is 0 Å². The molecule has 0 saturated heterocycles. The lowest BCUT2D eigenvalue weighted by Gasteiger charge is -2.01. The minimum absolute atomic E-state index is 0.471. The van der Waals surface area contributed by atoms with Crippen molar-refractivity contribution in [3.8, 4) is 5.69 Å². The molecule has 20 heavy (non-hydrogen) atoms. The molecule has 3 rings (SSSR count). The van der Waals surface area contributed by atoms with Crippen LogP contribution in [0.25, 0.3) is 16.8 Å². The third-order valence-corrected chi connectivity index (χ3v) is 2.85. The normalized spacial score (nSPS) is 11.8. The molecule has 0 N–H and O–H groups in total. The number of nitrogens with zero attached hydrogens (tertiary/aromatic N) is 3. The van der Waals surface area contributed by atoms with Gasteiger partial charge in [-0.3, -0.25) is 4.57 Å². The van der Waals surface area contributed by atoms with E-state index in [1.165, 1.54) is 0 Å². The molecule has 0 radical (unpaired) electrons. The molecule has 0 unspecified atom stereocenters. The number of aromatic nitrogens is 1. The maximum Gasteiger partial charge on any atom is 0.326 e. The van der Waals surface area contributed by atoms with E-state index in [2.05, 4.69) is 10.2 Å². The molecule has 2 aromatic carbocycles. The maximum absolute atomic E-state index is 5.79. The molecule has 1 aromatic heterocycles. The summed E-state index contributed by atoms with van der Waals surface area (Å²) in [6.45, 7) is 3.80. The molecule has 0 amide bonds. The first-order valence-corrected chi connectivity index (χ1v) is 6.46. The fourth-order valence-electron chi connectivity index (χ4n) is 2.01. The fraction of sp³-hybridized carbons (Fsp3) is 0.125. The highest BCUT2D eigenvalue weighted by Gasteiger charge is 2.08.